The van der Waals surface area contributed by atoms with Crippen LogP contribution >= 0.6 is 0 Å². The molecule has 108 valence electrons. The van der Waals surface area contributed by atoms with Crippen LogP contribution in [0.25, 0.3) is 5.65 Å². The third kappa shape index (κ3) is 2.56. The van der Waals surface area contributed by atoms with E-state index in [1.54, 1.807) is 24.4 Å². The van der Waals surface area contributed by atoms with Gasteiger partial charge in [0.1, 0.15) is 0 Å². The number of rotatable bonds is 4. The van der Waals surface area contributed by atoms with Gasteiger partial charge in [0, 0.05) is 12.4 Å². The summed E-state index contributed by atoms with van der Waals surface area (Å²) < 4.78 is 28.1. The molecule has 2 N–H and O–H groups in total. The predicted octanol–water partition coefficient (Wildman–Crippen LogP) is -0.104. The van der Waals surface area contributed by atoms with Crippen molar-refractivity contribution in [2.45, 2.75) is 11.4 Å². The van der Waals surface area contributed by atoms with Gasteiger partial charge in [0.15, 0.2) is 5.82 Å². The number of fused-ring (bicyclic) bond motifs is 1. The van der Waals surface area contributed by atoms with Gasteiger partial charge in [-0.25, -0.2) is 13.1 Å². The molecule has 21 heavy (non-hydrogen) atoms. The topological polar surface area (TPSA) is 109 Å². The SMILES string of the molecule is O=c1[nH]ccn2c(CNS(=O)(=O)c3ccccc3)nnc12. The Hall–Kier alpha value is -2.52. The highest BCUT2D eigenvalue weighted by atomic mass is 32.2. The fraction of sp³-hybridized carbons (Fsp3) is 0.0833. The Morgan fingerprint density at radius 2 is 1.95 bits per heavy atom. The van der Waals surface area contributed by atoms with Crippen molar-refractivity contribution in [1.29, 1.82) is 0 Å². The van der Waals surface area contributed by atoms with Crippen molar-refractivity contribution in [2.24, 2.45) is 0 Å². The molecule has 0 bridgehead atoms. The fourth-order valence-electron chi connectivity index (χ4n) is 1.85. The lowest BCUT2D eigenvalue weighted by atomic mass is 10.4. The molecule has 0 radical (unpaired) electrons. The van der Waals surface area contributed by atoms with E-state index in [1.165, 1.54) is 22.7 Å². The first-order valence-corrected chi connectivity index (χ1v) is 7.52. The number of H-pyrrole nitrogens is 1. The minimum atomic E-state index is -3.63. The van der Waals surface area contributed by atoms with Gasteiger partial charge < -0.3 is 4.98 Å². The molecule has 0 saturated carbocycles. The number of nitrogens with one attached hydrogen (secondary N) is 2. The summed E-state index contributed by atoms with van der Waals surface area (Å²) in [7, 11) is -3.63. The Bertz CT molecular complexity index is 930. The normalized spacial score (nSPS) is 11.8. The fourth-order valence-corrected chi connectivity index (χ4v) is 2.85. The first-order valence-electron chi connectivity index (χ1n) is 6.04. The van der Waals surface area contributed by atoms with Gasteiger partial charge in [0.25, 0.3) is 5.56 Å². The largest absolute Gasteiger partial charge is 0.324 e. The van der Waals surface area contributed by atoms with Crippen molar-refractivity contribution in [2.75, 3.05) is 0 Å². The highest BCUT2D eigenvalue weighted by Crippen LogP contribution is 2.08. The quantitative estimate of drug-likeness (QED) is 0.699. The second-order valence-corrected chi connectivity index (χ2v) is 6.00. The van der Waals surface area contributed by atoms with Gasteiger partial charge in [0.2, 0.25) is 15.7 Å². The molecule has 0 aliphatic rings. The van der Waals surface area contributed by atoms with Gasteiger partial charge in [-0.05, 0) is 12.1 Å². The molecule has 2 aromatic heterocycles. The second-order valence-electron chi connectivity index (χ2n) is 4.24. The van der Waals surface area contributed by atoms with Gasteiger partial charge in [0.05, 0.1) is 11.4 Å². The molecule has 0 fully saturated rings. The highest BCUT2D eigenvalue weighted by Gasteiger charge is 2.15. The molecule has 0 amide bonds. The molecule has 0 spiro atoms. The number of nitrogens with zero attached hydrogens (tertiary/aromatic N) is 3. The highest BCUT2D eigenvalue weighted by molar-refractivity contribution is 7.89. The molecular formula is C12H11N5O3S. The summed E-state index contributed by atoms with van der Waals surface area (Å²) in [6.07, 6.45) is 3.00. The van der Waals surface area contributed by atoms with E-state index in [0.717, 1.165) is 0 Å². The average molecular weight is 305 g/mol. The van der Waals surface area contributed by atoms with Crippen LogP contribution in [0.1, 0.15) is 5.82 Å². The van der Waals surface area contributed by atoms with Crippen molar-refractivity contribution < 1.29 is 8.42 Å². The van der Waals surface area contributed by atoms with Crippen LogP contribution in [0, 0.1) is 0 Å². The van der Waals surface area contributed by atoms with Gasteiger partial charge in [-0.15, -0.1) is 10.2 Å². The van der Waals surface area contributed by atoms with E-state index >= 15 is 0 Å². The number of sulfonamides is 1. The van der Waals surface area contributed by atoms with E-state index in [0.29, 0.717) is 5.82 Å². The molecule has 0 aliphatic heterocycles. The Balaban J connectivity index is 1.87. The first-order chi connectivity index (χ1) is 10.1. The zero-order chi connectivity index (χ0) is 14.9. The molecule has 8 nitrogen and oxygen atoms in total. The van der Waals surface area contributed by atoms with Crippen molar-refractivity contribution in [1.82, 2.24) is 24.3 Å². The zero-order valence-corrected chi connectivity index (χ0v) is 11.5. The Morgan fingerprint density at radius 1 is 1.19 bits per heavy atom. The predicted molar refractivity (Wildman–Crippen MR) is 74.1 cm³/mol. The van der Waals surface area contributed by atoms with Crippen LogP contribution in [0.4, 0.5) is 0 Å². The van der Waals surface area contributed by atoms with E-state index < -0.39 is 10.0 Å². The van der Waals surface area contributed by atoms with Gasteiger partial charge in [-0.3, -0.25) is 9.20 Å². The summed E-state index contributed by atoms with van der Waals surface area (Å²) in [4.78, 5) is 14.1. The molecule has 2 heterocycles. The summed E-state index contributed by atoms with van der Waals surface area (Å²) in [5.41, 5.74) is -0.270. The van der Waals surface area contributed by atoms with Gasteiger partial charge in [-0.2, -0.15) is 0 Å². The molecule has 9 heteroatoms. The van der Waals surface area contributed by atoms with Crippen molar-refractivity contribution in [3.8, 4) is 0 Å². The van der Waals surface area contributed by atoms with Crippen molar-refractivity contribution >= 4 is 15.7 Å². The molecule has 0 atom stereocenters. The molecular weight excluding hydrogens is 294 g/mol. The van der Waals surface area contributed by atoms with E-state index in [4.69, 9.17) is 0 Å². The van der Waals surface area contributed by atoms with Crippen molar-refractivity contribution in [3.63, 3.8) is 0 Å². The molecule has 1 aromatic carbocycles. The first kappa shape index (κ1) is 13.5. The summed E-state index contributed by atoms with van der Waals surface area (Å²) in [6.45, 7) is -0.0676. The minimum absolute atomic E-state index is 0.0676. The van der Waals surface area contributed by atoms with E-state index in [2.05, 4.69) is 19.9 Å². The monoisotopic (exact) mass is 305 g/mol. The Kier molecular flexibility index (Phi) is 3.28. The van der Waals surface area contributed by atoms with Crippen LogP contribution in [-0.2, 0) is 16.6 Å². The lowest BCUT2D eigenvalue weighted by molar-refractivity contribution is 0.579. The third-order valence-electron chi connectivity index (χ3n) is 2.88. The second kappa shape index (κ2) is 5.11. The van der Waals surface area contributed by atoms with Crippen LogP contribution in [0.5, 0.6) is 0 Å². The maximum absolute atomic E-state index is 12.1. The molecule has 0 saturated heterocycles. The number of aromatic nitrogens is 4. The number of benzene rings is 1. The van der Waals surface area contributed by atoms with Crippen LogP contribution in [0.15, 0.2) is 52.4 Å². The lowest BCUT2D eigenvalue weighted by Crippen LogP contribution is -2.24. The molecule has 0 aliphatic carbocycles. The van der Waals surface area contributed by atoms with Gasteiger partial charge in [-0.1, -0.05) is 18.2 Å². The molecule has 3 aromatic rings. The average Bonchev–Trinajstić information content (AvgIpc) is 2.91. The summed E-state index contributed by atoms with van der Waals surface area (Å²) in [6, 6.07) is 8.00. The Morgan fingerprint density at radius 3 is 2.71 bits per heavy atom. The molecule has 0 unspecified atom stereocenters. The van der Waals surface area contributed by atoms with E-state index in [-0.39, 0.29) is 22.6 Å². The summed E-state index contributed by atoms with van der Waals surface area (Å²) in [5.74, 6) is 0.329. The number of hydrogen-bond acceptors (Lipinski definition) is 5. The smallest absolute Gasteiger partial charge is 0.293 e. The number of hydrogen-bond donors (Lipinski definition) is 2. The maximum atomic E-state index is 12.1. The minimum Gasteiger partial charge on any atom is -0.324 e. The maximum Gasteiger partial charge on any atom is 0.293 e. The number of aromatic amines is 1. The molecule has 3 rings (SSSR count). The van der Waals surface area contributed by atoms with Crippen molar-refractivity contribution in [3.05, 3.63) is 58.9 Å². The van der Waals surface area contributed by atoms with Crippen LogP contribution < -0.4 is 10.3 Å². The Labute approximate surface area is 119 Å². The van der Waals surface area contributed by atoms with Gasteiger partial charge >= 0.3 is 0 Å². The zero-order valence-electron chi connectivity index (χ0n) is 10.7. The third-order valence-corrected chi connectivity index (χ3v) is 4.30. The van der Waals surface area contributed by atoms with E-state index in [1.807, 2.05) is 0 Å². The lowest BCUT2D eigenvalue weighted by Gasteiger charge is -2.05. The van der Waals surface area contributed by atoms with Crippen LogP contribution in [-0.4, -0.2) is 28.0 Å². The van der Waals surface area contributed by atoms with Crippen LogP contribution in [0.3, 0.4) is 0 Å². The standard InChI is InChI=1S/C12H11N5O3S/c18-12-11-16-15-10(17(11)7-6-13-12)8-14-21(19,20)9-4-2-1-3-5-9/h1-7,14H,8H2,(H,13,18). The summed E-state index contributed by atoms with van der Waals surface area (Å²) >= 11 is 0. The van der Waals surface area contributed by atoms with Crippen LogP contribution in [0.2, 0.25) is 0 Å². The van der Waals surface area contributed by atoms with E-state index in [9.17, 15) is 13.2 Å². The summed E-state index contributed by atoms with van der Waals surface area (Å²) in [5, 5.41) is 7.54.